The molecule has 0 unspecified atom stereocenters. The lowest BCUT2D eigenvalue weighted by molar-refractivity contribution is 0.102. The molecular weight excluding hydrogens is 518 g/mol. The molecule has 0 aliphatic heterocycles. The summed E-state index contributed by atoms with van der Waals surface area (Å²) in [5.74, 6) is -0.423. The Hall–Kier alpha value is -4.35. The van der Waals surface area contributed by atoms with Crippen LogP contribution in [0.4, 0.5) is 5.13 Å². The zero-order valence-corrected chi connectivity index (χ0v) is 21.9. The number of nitriles is 2. The Morgan fingerprint density at radius 1 is 0.842 bits per heavy atom. The van der Waals surface area contributed by atoms with Gasteiger partial charge in [0.2, 0.25) is 10.0 Å². The predicted molar refractivity (Wildman–Crippen MR) is 147 cm³/mol. The van der Waals surface area contributed by atoms with Crippen LogP contribution in [0.5, 0.6) is 0 Å². The van der Waals surface area contributed by atoms with Crippen LogP contribution in [-0.2, 0) is 10.0 Å². The van der Waals surface area contributed by atoms with Gasteiger partial charge in [-0.3, -0.25) is 10.1 Å². The molecule has 1 heterocycles. The quantitative estimate of drug-likeness (QED) is 0.281. The third-order valence-corrected chi connectivity index (χ3v) is 8.56. The zero-order chi connectivity index (χ0) is 27.0. The molecule has 0 aliphatic carbocycles. The SMILES string of the molecule is N#CCCN(CCC#N)S(=O)(=O)c1ccc(C(=O)Nc2nc(-c3ccccc3)c(-c3ccccc3)s2)cc1. The minimum absolute atomic E-state index is 0.00883. The molecule has 0 aliphatic rings. The van der Waals surface area contributed by atoms with Crippen molar-refractivity contribution >= 4 is 32.4 Å². The van der Waals surface area contributed by atoms with Gasteiger partial charge in [0.1, 0.15) is 0 Å². The van der Waals surface area contributed by atoms with Gasteiger partial charge in [-0.25, -0.2) is 13.4 Å². The van der Waals surface area contributed by atoms with E-state index in [9.17, 15) is 13.2 Å². The van der Waals surface area contributed by atoms with Crippen molar-refractivity contribution in [3.63, 3.8) is 0 Å². The summed E-state index contributed by atoms with van der Waals surface area (Å²) >= 11 is 1.36. The standard InChI is InChI=1S/C28H23N5O3S2/c29-17-7-19-33(20-8-18-30)38(35,36)24-15-13-23(14-16-24)27(34)32-28-31-25(21-9-3-1-4-10-21)26(37-28)22-11-5-2-6-12-22/h1-6,9-16H,7-8,19-20H2,(H,31,32,34). The van der Waals surface area contributed by atoms with E-state index in [4.69, 9.17) is 15.5 Å². The number of benzene rings is 3. The summed E-state index contributed by atoms with van der Waals surface area (Å²) in [6.07, 6.45) is 0.0177. The summed E-state index contributed by atoms with van der Waals surface area (Å²) in [5.41, 5.74) is 2.93. The Balaban J connectivity index is 1.57. The number of hydrogen-bond acceptors (Lipinski definition) is 7. The van der Waals surface area contributed by atoms with Crippen LogP contribution in [0.1, 0.15) is 23.2 Å². The van der Waals surface area contributed by atoms with Crippen molar-refractivity contribution in [2.75, 3.05) is 18.4 Å². The number of carbonyl (C=O) groups is 1. The van der Waals surface area contributed by atoms with E-state index in [0.717, 1.165) is 26.0 Å². The van der Waals surface area contributed by atoms with E-state index in [0.29, 0.717) is 5.13 Å². The summed E-state index contributed by atoms with van der Waals surface area (Å²) < 4.78 is 27.2. The average molecular weight is 542 g/mol. The topological polar surface area (TPSA) is 127 Å². The van der Waals surface area contributed by atoms with Crippen molar-refractivity contribution in [3.8, 4) is 33.8 Å². The molecule has 10 heteroatoms. The molecule has 1 amide bonds. The second-order valence-electron chi connectivity index (χ2n) is 8.13. The van der Waals surface area contributed by atoms with E-state index in [1.807, 2.05) is 72.8 Å². The highest BCUT2D eigenvalue weighted by atomic mass is 32.2. The molecule has 4 rings (SSSR count). The van der Waals surface area contributed by atoms with Crippen molar-refractivity contribution in [1.29, 1.82) is 10.5 Å². The second-order valence-corrected chi connectivity index (χ2v) is 11.1. The number of thiazole rings is 1. The molecule has 0 atom stereocenters. The first-order chi connectivity index (χ1) is 18.4. The monoisotopic (exact) mass is 541 g/mol. The maximum absolute atomic E-state index is 13.0. The molecule has 190 valence electrons. The van der Waals surface area contributed by atoms with Crippen LogP contribution in [0.3, 0.4) is 0 Å². The van der Waals surface area contributed by atoms with Crippen molar-refractivity contribution < 1.29 is 13.2 Å². The molecule has 0 saturated heterocycles. The smallest absolute Gasteiger partial charge is 0.257 e. The number of carbonyl (C=O) groups excluding carboxylic acids is 1. The lowest BCUT2D eigenvalue weighted by atomic mass is 10.1. The number of hydrogen-bond donors (Lipinski definition) is 1. The van der Waals surface area contributed by atoms with Gasteiger partial charge >= 0.3 is 0 Å². The number of rotatable bonds is 10. The summed E-state index contributed by atoms with van der Waals surface area (Å²) in [6, 6.07) is 28.9. The maximum atomic E-state index is 13.0. The Morgan fingerprint density at radius 2 is 1.39 bits per heavy atom. The van der Waals surface area contributed by atoms with Gasteiger partial charge in [0, 0.05) is 37.1 Å². The van der Waals surface area contributed by atoms with Crippen LogP contribution >= 0.6 is 11.3 Å². The van der Waals surface area contributed by atoms with Crippen LogP contribution in [0.25, 0.3) is 21.7 Å². The fraction of sp³-hybridized carbons (Fsp3) is 0.143. The van der Waals surface area contributed by atoms with E-state index in [1.54, 1.807) is 0 Å². The Morgan fingerprint density at radius 3 is 1.95 bits per heavy atom. The highest BCUT2D eigenvalue weighted by molar-refractivity contribution is 7.89. The Kier molecular flexibility index (Phi) is 8.62. The van der Waals surface area contributed by atoms with Crippen LogP contribution in [-0.4, -0.2) is 36.7 Å². The van der Waals surface area contributed by atoms with Gasteiger partial charge in [-0.2, -0.15) is 14.8 Å². The maximum Gasteiger partial charge on any atom is 0.257 e. The predicted octanol–water partition coefficient (Wildman–Crippen LogP) is 5.55. The van der Waals surface area contributed by atoms with Crippen LogP contribution in [0, 0.1) is 22.7 Å². The number of amides is 1. The zero-order valence-electron chi connectivity index (χ0n) is 20.2. The molecule has 1 N–H and O–H groups in total. The highest BCUT2D eigenvalue weighted by Gasteiger charge is 2.24. The van der Waals surface area contributed by atoms with Crippen LogP contribution in [0.2, 0.25) is 0 Å². The van der Waals surface area contributed by atoms with Gasteiger partial charge in [0.15, 0.2) is 5.13 Å². The normalized spacial score (nSPS) is 11.0. The molecule has 8 nitrogen and oxygen atoms in total. The van der Waals surface area contributed by atoms with E-state index < -0.39 is 15.9 Å². The molecule has 0 fully saturated rings. The van der Waals surface area contributed by atoms with E-state index >= 15 is 0 Å². The molecular formula is C28H23N5O3S2. The summed E-state index contributed by atoms with van der Waals surface area (Å²) in [6.45, 7) is -0.0272. The highest BCUT2D eigenvalue weighted by Crippen LogP contribution is 2.39. The van der Waals surface area contributed by atoms with Gasteiger partial charge in [0.05, 0.1) is 27.6 Å². The Bertz CT molecular complexity index is 1510. The summed E-state index contributed by atoms with van der Waals surface area (Å²) in [4.78, 5) is 18.6. The number of nitrogens with one attached hydrogen (secondary N) is 1. The Labute approximate surface area is 225 Å². The number of anilines is 1. The van der Waals surface area contributed by atoms with Gasteiger partial charge in [-0.1, -0.05) is 72.0 Å². The second kappa shape index (κ2) is 12.3. The lowest BCUT2D eigenvalue weighted by Crippen LogP contribution is -2.32. The molecule has 0 spiro atoms. The average Bonchev–Trinajstić information content (AvgIpc) is 3.37. The number of aromatic nitrogens is 1. The third kappa shape index (κ3) is 6.13. The van der Waals surface area contributed by atoms with Crippen molar-refractivity contribution in [3.05, 3.63) is 90.5 Å². The number of sulfonamides is 1. The van der Waals surface area contributed by atoms with Gasteiger partial charge in [-0.05, 0) is 29.8 Å². The van der Waals surface area contributed by atoms with Crippen molar-refractivity contribution in [2.45, 2.75) is 17.7 Å². The lowest BCUT2D eigenvalue weighted by Gasteiger charge is -2.20. The third-order valence-electron chi connectivity index (χ3n) is 5.63. The first-order valence-electron chi connectivity index (χ1n) is 11.7. The van der Waals surface area contributed by atoms with Gasteiger partial charge < -0.3 is 0 Å². The first kappa shape index (κ1) is 26.7. The summed E-state index contributed by atoms with van der Waals surface area (Å²) in [5, 5.41) is 21.0. The number of nitrogens with zero attached hydrogens (tertiary/aromatic N) is 4. The largest absolute Gasteiger partial charge is 0.298 e. The van der Waals surface area contributed by atoms with E-state index in [-0.39, 0.29) is 36.4 Å². The fourth-order valence-electron chi connectivity index (χ4n) is 3.75. The minimum atomic E-state index is -3.92. The first-order valence-corrected chi connectivity index (χ1v) is 14.0. The molecule has 3 aromatic carbocycles. The van der Waals surface area contributed by atoms with Crippen molar-refractivity contribution in [1.82, 2.24) is 9.29 Å². The molecule has 1 aromatic heterocycles. The molecule has 0 bridgehead atoms. The van der Waals surface area contributed by atoms with Gasteiger partial charge in [0.25, 0.3) is 5.91 Å². The molecule has 38 heavy (non-hydrogen) atoms. The summed E-state index contributed by atoms with van der Waals surface area (Å²) in [7, 11) is -3.92. The van der Waals surface area contributed by atoms with Crippen molar-refractivity contribution in [2.24, 2.45) is 0 Å². The fourth-order valence-corrected chi connectivity index (χ4v) is 6.18. The van der Waals surface area contributed by atoms with Crippen LogP contribution < -0.4 is 5.32 Å². The van der Waals surface area contributed by atoms with Crippen LogP contribution in [0.15, 0.2) is 89.8 Å². The molecule has 0 saturated carbocycles. The van der Waals surface area contributed by atoms with E-state index in [2.05, 4.69) is 5.32 Å². The van der Waals surface area contributed by atoms with Gasteiger partial charge in [-0.15, -0.1) is 0 Å². The molecule has 4 aromatic rings. The minimum Gasteiger partial charge on any atom is -0.298 e. The van der Waals surface area contributed by atoms with E-state index in [1.165, 1.54) is 35.6 Å². The molecule has 0 radical (unpaired) electrons.